The van der Waals surface area contributed by atoms with Crippen LogP contribution in [0.4, 0.5) is 5.95 Å². The largest absolute Gasteiger partial charge is 0.369 e. The Labute approximate surface area is 103 Å². The van der Waals surface area contributed by atoms with Gasteiger partial charge in [0.05, 0.1) is 17.8 Å². The van der Waals surface area contributed by atoms with Crippen LogP contribution in [0.1, 0.15) is 17.1 Å². The smallest absolute Gasteiger partial charge is 0.257 e. The zero-order valence-corrected chi connectivity index (χ0v) is 9.81. The van der Waals surface area contributed by atoms with Crippen molar-refractivity contribution in [2.75, 3.05) is 12.3 Å². The number of H-pyrrole nitrogens is 2. The molecular weight excluding hydrogens is 232 g/mol. The van der Waals surface area contributed by atoms with Crippen LogP contribution in [0.3, 0.4) is 0 Å². The Hall–Kier alpha value is -2.15. The Morgan fingerprint density at radius 3 is 3.17 bits per heavy atom. The molecule has 0 atom stereocenters. The molecule has 0 bridgehead atoms. The van der Waals surface area contributed by atoms with Crippen molar-refractivity contribution >= 4 is 5.95 Å². The fraction of sp³-hybridized carbons (Fsp3) is 0.364. The van der Waals surface area contributed by atoms with E-state index in [0.29, 0.717) is 18.7 Å². The third-order valence-electron chi connectivity index (χ3n) is 3.09. The highest BCUT2D eigenvalue weighted by atomic mass is 16.1. The molecule has 94 valence electrons. The summed E-state index contributed by atoms with van der Waals surface area (Å²) in [5, 5.41) is 0. The number of imidazole rings is 1. The lowest BCUT2D eigenvalue weighted by Gasteiger charge is -2.26. The van der Waals surface area contributed by atoms with Gasteiger partial charge in [-0.25, -0.2) is 9.97 Å². The first kappa shape index (κ1) is 11.0. The second kappa shape index (κ2) is 4.26. The van der Waals surface area contributed by atoms with Gasteiger partial charge < -0.3 is 10.7 Å². The first-order chi connectivity index (χ1) is 8.72. The molecule has 0 aromatic carbocycles. The number of nitrogens with two attached hydrogens (primary N) is 1. The first-order valence-corrected chi connectivity index (χ1v) is 5.80. The van der Waals surface area contributed by atoms with Crippen molar-refractivity contribution in [2.45, 2.75) is 19.5 Å². The van der Waals surface area contributed by atoms with Gasteiger partial charge in [-0.2, -0.15) is 0 Å². The molecule has 4 N–H and O–H groups in total. The molecule has 7 heteroatoms. The van der Waals surface area contributed by atoms with Crippen molar-refractivity contribution in [1.82, 2.24) is 24.8 Å². The minimum atomic E-state index is -0.137. The molecule has 0 unspecified atom stereocenters. The second-order valence-electron chi connectivity index (χ2n) is 4.37. The van der Waals surface area contributed by atoms with E-state index in [4.69, 9.17) is 5.73 Å². The van der Waals surface area contributed by atoms with Gasteiger partial charge in [-0.1, -0.05) is 0 Å². The number of hydrogen-bond acceptors (Lipinski definition) is 5. The van der Waals surface area contributed by atoms with Crippen molar-refractivity contribution in [3.05, 3.63) is 39.8 Å². The number of aromatic nitrogens is 4. The summed E-state index contributed by atoms with van der Waals surface area (Å²) < 4.78 is 0. The van der Waals surface area contributed by atoms with Gasteiger partial charge in [0.1, 0.15) is 5.82 Å². The Bertz CT molecular complexity index is 602. The molecule has 0 amide bonds. The molecule has 1 aliphatic heterocycles. The topological polar surface area (TPSA) is 104 Å². The lowest BCUT2D eigenvalue weighted by Crippen LogP contribution is -2.35. The normalized spacial score (nSPS) is 15.6. The molecule has 1 aliphatic rings. The Morgan fingerprint density at radius 1 is 1.50 bits per heavy atom. The summed E-state index contributed by atoms with van der Waals surface area (Å²) >= 11 is 0. The highest BCUT2D eigenvalue weighted by Crippen LogP contribution is 2.15. The van der Waals surface area contributed by atoms with E-state index in [1.54, 1.807) is 12.4 Å². The van der Waals surface area contributed by atoms with Gasteiger partial charge in [-0.05, 0) is 0 Å². The molecule has 0 spiro atoms. The maximum absolute atomic E-state index is 11.8. The van der Waals surface area contributed by atoms with Gasteiger partial charge in [-0.3, -0.25) is 14.7 Å². The van der Waals surface area contributed by atoms with Gasteiger partial charge in [0, 0.05) is 31.9 Å². The van der Waals surface area contributed by atoms with E-state index in [9.17, 15) is 4.79 Å². The summed E-state index contributed by atoms with van der Waals surface area (Å²) in [7, 11) is 0. The number of nitrogens with zero attached hydrogens (tertiary/aromatic N) is 3. The summed E-state index contributed by atoms with van der Waals surface area (Å²) in [6.07, 6.45) is 4.26. The van der Waals surface area contributed by atoms with E-state index in [-0.39, 0.29) is 11.5 Å². The number of nitrogens with one attached hydrogen (secondary N) is 2. The zero-order valence-electron chi connectivity index (χ0n) is 9.81. The van der Waals surface area contributed by atoms with E-state index < -0.39 is 0 Å². The highest BCUT2D eigenvalue weighted by Gasteiger charge is 2.21. The van der Waals surface area contributed by atoms with Crippen LogP contribution >= 0.6 is 0 Å². The molecule has 0 fully saturated rings. The van der Waals surface area contributed by atoms with Gasteiger partial charge in [0.25, 0.3) is 5.56 Å². The number of anilines is 1. The molecule has 18 heavy (non-hydrogen) atoms. The molecular formula is C11H14N6O. The summed E-state index contributed by atoms with van der Waals surface area (Å²) in [6, 6.07) is 0. The average molecular weight is 246 g/mol. The van der Waals surface area contributed by atoms with Crippen molar-refractivity contribution in [2.24, 2.45) is 0 Å². The zero-order chi connectivity index (χ0) is 12.5. The maximum atomic E-state index is 11.8. The summed E-state index contributed by atoms with van der Waals surface area (Å²) in [4.78, 5) is 27.9. The molecule has 0 saturated heterocycles. The van der Waals surface area contributed by atoms with E-state index >= 15 is 0 Å². The van der Waals surface area contributed by atoms with Crippen LogP contribution in [0.15, 0.2) is 17.2 Å². The van der Waals surface area contributed by atoms with Crippen molar-refractivity contribution in [1.29, 1.82) is 0 Å². The summed E-state index contributed by atoms with van der Waals surface area (Å²) in [5.41, 5.74) is 6.92. The van der Waals surface area contributed by atoms with Crippen LogP contribution in [-0.4, -0.2) is 31.4 Å². The van der Waals surface area contributed by atoms with Gasteiger partial charge >= 0.3 is 0 Å². The second-order valence-corrected chi connectivity index (χ2v) is 4.37. The number of hydrogen-bond donors (Lipinski definition) is 3. The maximum Gasteiger partial charge on any atom is 0.257 e. The molecule has 2 aromatic rings. The Kier molecular flexibility index (Phi) is 2.60. The average Bonchev–Trinajstić information content (AvgIpc) is 2.83. The predicted octanol–water partition coefficient (Wildman–Crippen LogP) is -0.367. The van der Waals surface area contributed by atoms with Gasteiger partial charge in [0.15, 0.2) is 0 Å². The van der Waals surface area contributed by atoms with Crippen LogP contribution in [0.2, 0.25) is 0 Å². The van der Waals surface area contributed by atoms with E-state index in [1.165, 1.54) is 0 Å². The third kappa shape index (κ3) is 2.00. The first-order valence-electron chi connectivity index (χ1n) is 5.80. The molecule has 2 aromatic heterocycles. The Morgan fingerprint density at radius 2 is 2.39 bits per heavy atom. The molecule has 0 radical (unpaired) electrons. The van der Waals surface area contributed by atoms with Crippen molar-refractivity contribution in [3.63, 3.8) is 0 Å². The number of rotatable bonds is 2. The number of nitrogen functional groups attached to an aromatic ring is 1. The van der Waals surface area contributed by atoms with E-state index in [2.05, 4.69) is 24.8 Å². The predicted molar refractivity (Wildman–Crippen MR) is 65.7 cm³/mol. The number of aromatic amines is 2. The lowest BCUT2D eigenvalue weighted by molar-refractivity contribution is 0.236. The fourth-order valence-corrected chi connectivity index (χ4v) is 2.23. The summed E-state index contributed by atoms with van der Waals surface area (Å²) in [6.45, 7) is 2.14. The molecule has 7 nitrogen and oxygen atoms in total. The van der Waals surface area contributed by atoms with Crippen LogP contribution in [0.5, 0.6) is 0 Å². The monoisotopic (exact) mass is 246 g/mol. The highest BCUT2D eigenvalue weighted by molar-refractivity contribution is 5.27. The van der Waals surface area contributed by atoms with Crippen molar-refractivity contribution in [3.8, 4) is 0 Å². The standard InChI is InChI=1S/C11H14N6O/c12-11-15-8-1-4-17(5-7(8)10(18)16-11)6-9-13-2-3-14-9/h2-3H,1,4-6H2,(H,13,14)(H3,12,15,16,18). The van der Waals surface area contributed by atoms with Crippen molar-refractivity contribution < 1.29 is 0 Å². The van der Waals surface area contributed by atoms with Crippen LogP contribution in [-0.2, 0) is 19.5 Å². The number of fused-ring (bicyclic) bond motifs is 1. The van der Waals surface area contributed by atoms with Gasteiger partial charge in [-0.15, -0.1) is 0 Å². The Balaban J connectivity index is 1.83. The van der Waals surface area contributed by atoms with E-state index in [0.717, 1.165) is 24.5 Å². The quantitative estimate of drug-likeness (QED) is 0.671. The fourth-order valence-electron chi connectivity index (χ4n) is 2.23. The molecule has 0 saturated carbocycles. The summed E-state index contributed by atoms with van der Waals surface area (Å²) in [5.74, 6) is 1.09. The SMILES string of the molecule is Nc1nc2c(c(=O)[nH]1)CN(Cc1ncc[nH]1)CC2. The van der Waals surface area contributed by atoms with Gasteiger partial charge in [0.2, 0.25) is 5.95 Å². The molecule has 0 aliphatic carbocycles. The molecule has 3 heterocycles. The van der Waals surface area contributed by atoms with Crippen LogP contribution in [0.25, 0.3) is 0 Å². The lowest BCUT2D eigenvalue weighted by atomic mass is 10.1. The third-order valence-corrected chi connectivity index (χ3v) is 3.09. The van der Waals surface area contributed by atoms with E-state index in [1.807, 2.05) is 0 Å². The minimum Gasteiger partial charge on any atom is -0.369 e. The molecule has 3 rings (SSSR count). The van der Waals surface area contributed by atoms with Crippen LogP contribution in [0, 0.1) is 0 Å². The van der Waals surface area contributed by atoms with Crippen LogP contribution < -0.4 is 11.3 Å². The minimum absolute atomic E-state index is 0.137.